The lowest BCUT2D eigenvalue weighted by atomic mass is 10.2. The predicted octanol–water partition coefficient (Wildman–Crippen LogP) is 3.46. The molecule has 0 atom stereocenters. The van der Waals surface area contributed by atoms with Crippen molar-refractivity contribution in [1.82, 2.24) is 19.8 Å². The lowest BCUT2D eigenvalue weighted by Crippen LogP contribution is -2.35. The van der Waals surface area contributed by atoms with Gasteiger partial charge in [0.15, 0.2) is 0 Å². The van der Waals surface area contributed by atoms with Crippen LogP contribution in [0.3, 0.4) is 0 Å². The number of rotatable bonds is 8. The lowest BCUT2D eigenvalue weighted by molar-refractivity contribution is -0.118. The molecule has 3 aromatic rings. The second-order valence-corrected chi connectivity index (χ2v) is 10.4. The minimum Gasteiger partial charge on any atom is -0.411 e. The Morgan fingerprint density at radius 1 is 1.09 bits per heavy atom. The van der Waals surface area contributed by atoms with Crippen LogP contribution < -0.4 is 5.32 Å². The van der Waals surface area contributed by atoms with E-state index < -0.39 is 10.0 Å². The SMILES string of the molecule is O=C(CSc1nnc(-c2cccc(S(=O)(=O)N3CCCCC3)c2)o1)NCc1ccc(F)cc1. The molecule has 1 aromatic heterocycles. The smallest absolute Gasteiger partial charge is 0.277 e. The average Bonchev–Trinajstić information content (AvgIpc) is 3.32. The number of nitrogens with one attached hydrogen (secondary N) is 1. The summed E-state index contributed by atoms with van der Waals surface area (Å²) >= 11 is 1.08. The number of aromatic nitrogens is 2. The molecule has 174 valence electrons. The molecule has 1 fully saturated rings. The molecule has 1 amide bonds. The third kappa shape index (κ3) is 5.98. The van der Waals surface area contributed by atoms with E-state index in [-0.39, 0.29) is 40.0 Å². The van der Waals surface area contributed by atoms with Gasteiger partial charge in [-0.25, -0.2) is 12.8 Å². The van der Waals surface area contributed by atoms with E-state index in [1.54, 1.807) is 30.3 Å². The van der Waals surface area contributed by atoms with Gasteiger partial charge in [-0.05, 0) is 48.7 Å². The van der Waals surface area contributed by atoms with Crippen LogP contribution in [0.1, 0.15) is 24.8 Å². The minimum absolute atomic E-state index is 0.0617. The van der Waals surface area contributed by atoms with Crippen LogP contribution in [0, 0.1) is 5.82 Å². The minimum atomic E-state index is -3.57. The van der Waals surface area contributed by atoms with Gasteiger partial charge in [-0.15, -0.1) is 10.2 Å². The zero-order valence-electron chi connectivity index (χ0n) is 17.7. The van der Waals surface area contributed by atoms with Crippen molar-refractivity contribution in [3.63, 3.8) is 0 Å². The molecule has 2 aromatic carbocycles. The van der Waals surface area contributed by atoms with Gasteiger partial charge in [0.2, 0.25) is 21.8 Å². The first kappa shape index (κ1) is 23.4. The summed E-state index contributed by atoms with van der Waals surface area (Å²) in [6, 6.07) is 12.3. The van der Waals surface area contributed by atoms with E-state index in [2.05, 4.69) is 15.5 Å². The van der Waals surface area contributed by atoms with Gasteiger partial charge in [0.25, 0.3) is 5.22 Å². The zero-order valence-corrected chi connectivity index (χ0v) is 19.4. The fraction of sp³-hybridized carbons (Fsp3) is 0.318. The highest BCUT2D eigenvalue weighted by Gasteiger charge is 2.26. The third-order valence-electron chi connectivity index (χ3n) is 5.17. The number of nitrogens with zero attached hydrogens (tertiary/aromatic N) is 3. The Bertz CT molecular complexity index is 1210. The monoisotopic (exact) mass is 490 g/mol. The first-order valence-electron chi connectivity index (χ1n) is 10.5. The molecule has 0 spiro atoms. The number of sulfonamides is 1. The molecule has 1 aliphatic heterocycles. The highest BCUT2D eigenvalue weighted by atomic mass is 32.2. The molecule has 11 heteroatoms. The number of carbonyl (C=O) groups excluding carboxylic acids is 1. The highest BCUT2D eigenvalue weighted by molar-refractivity contribution is 7.99. The first-order chi connectivity index (χ1) is 15.9. The van der Waals surface area contributed by atoms with Gasteiger partial charge in [-0.2, -0.15) is 4.31 Å². The largest absolute Gasteiger partial charge is 0.411 e. The van der Waals surface area contributed by atoms with Crippen molar-refractivity contribution < 1.29 is 22.0 Å². The van der Waals surface area contributed by atoms with E-state index in [1.165, 1.54) is 22.5 Å². The van der Waals surface area contributed by atoms with Crippen molar-refractivity contribution in [2.75, 3.05) is 18.8 Å². The Morgan fingerprint density at radius 2 is 1.85 bits per heavy atom. The maximum absolute atomic E-state index is 12.9. The number of benzene rings is 2. The van der Waals surface area contributed by atoms with Gasteiger partial charge < -0.3 is 9.73 Å². The van der Waals surface area contributed by atoms with E-state index in [9.17, 15) is 17.6 Å². The van der Waals surface area contributed by atoms with Gasteiger partial charge in [-0.3, -0.25) is 4.79 Å². The zero-order chi connectivity index (χ0) is 23.3. The number of carbonyl (C=O) groups is 1. The normalized spacial score (nSPS) is 14.8. The summed E-state index contributed by atoms with van der Waals surface area (Å²) in [5.74, 6) is -0.326. The van der Waals surface area contributed by atoms with Crippen LogP contribution in [0.5, 0.6) is 0 Å². The van der Waals surface area contributed by atoms with Crippen molar-refractivity contribution >= 4 is 27.7 Å². The second-order valence-electron chi connectivity index (χ2n) is 7.56. The summed E-state index contributed by atoms with van der Waals surface area (Å²) in [7, 11) is -3.57. The summed E-state index contributed by atoms with van der Waals surface area (Å²) in [4.78, 5) is 12.3. The summed E-state index contributed by atoms with van der Waals surface area (Å²) in [5, 5.41) is 10.9. The van der Waals surface area contributed by atoms with Gasteiger partial charge in [0.1, 0.15) is 5.82 Å². The van der Waals surface area contributed by atoms with E-state index >= 15 is 0 Å². The Kier molecular flexibility index (Phi) is 7.41. The van der Waals surface area contributed by atoms with Gasteiger partial charge in [0, 0.05) is 25.2 Å². The molecular weight excluding hydrogens is 467 g/mol. The molecule has 0 unspecified atom stereocenters. The Labute approximate surface area is 195 Å². The van der Waals surface area contributed by atoms with Crippen molar-refractivity contribution in [1.29, 1.82) is 0 Å². The summed E-state index contributed by atoms with van der Waals surface area (Å²) < 4.78 is 45.9. The molecule has 0 bridgehead atoms. The van der Waals surface area contributed by atoms with E-state index in [1.807, 2.05) is 0 Å². The van der Waals surface area contributed by atoms with Crippen LogP contribution in [0.25, 0.3) is 11.5 Å². The van der Waals surface area contributed by atoms with E-state index in [0.717, 1.165) is 36.6 Å². The lowest BCUT2D eigenvalue weighted by Gasteiger charge is -2.25. The van der Waals surface area contributed by atoms with E-state index in [4.69, 9.17) is 4.42 Å². The van der Waals surface area contributed by atoms with Crippen LogP contribution >= 0.6 is 11.8 Å². The summed E-state index contributed by atoms with van der Waals surface area (Å²) in [6.07, 6.45) is 2.76. The Balaban J connectivity index is 1.35. The standard InChI is InChI=1S/C22H23FN4O4S2/c23-18-9-7-16(8-10-18)14-24-20(28)15-32-22-26-25-21(31-22)17-5-4-6-19(13-17)33(29,30)27-11-2-1-3-12-27/h4-10,13H,1-3,11-12,14-15H2,(H,24,28). The maximum atomic E-state index is 12.9. The number of piperidine rings is 1. The van der Waals surface area contributed by atoms with Crippen molar-refractivity contribution in [3.05, 3.63) is 59.9 Å². The molecule has 0 radical (unpaired) electrons. The van der Waals surface area contributed by atoms with Crippen LogP contribution in [0.15, 0.2) is 63.1 Å². The molecule has 1 N–H and O–H groups in total. The number of hydrogen-bond acceptors (Lipinski definition) is 7. The van der Waals surface area contributed by atoms with Gasteiger partial charge >= 0.3 is 0 Å². The summed E-state index contributed by atoms with van der Waals surface area (Å²) in [5.41, 5.74) is 1.28. The highest BCUT2D eigenvalue weighted by Crippen LogP contribution is 2.27. The van der Waals surface area contributed by atoms with Crippen LogP contribution in [0.2, 0.25) is 0 Å². The molecular formula is C22H23FN4O4S2. The molecule has 4 rings (SSSR count). The Morgan fingerprint density at radius 3 is 2.61 bits per heavy atom. The average molecular weight is 491 g/mol. The van der Waals surface area contributed by atoms with Gasteiger partial charge in [-0.1, -0.05) is 36.4 Å². The number of hydrogen-bond donors (Lipinski definition) is 1. The second kappa shape index (κ2) is 10.4. The quantitative estimate of drug-likeness (QED) is 0.482. The molecule has 8 nitrogen and oxygen atoms in total. The molecule has 33 heavy (non-hydrogen) atoms. The van der Waals surface area contributed by atoms with Crippen LogP contribution in [-0.2, 0) is 21.4 Å². The molecule has 1 aliphatic rings. The molecule has 1 saturated heterocycles. The summed E-state index contributed by atoms with van der Waals surface area (Å²) in [6.45, 7) is 1.33. The van der Waals surface area contributed by atoms with Crippen molar-refractivity contribution in [3.8, 4) is 11.5 Å². The number of thioether (sulfide) groups is 1. The number of amides is 1. The Hall–Kier alpha value is -2.76. The topological polar surface area (TPSA) is 105 Å². The van der Waals surface area contributed by atoms with Crippen LogP contribution in [-0.4, -0.2) is 47.7 Å². The molecule has 0 aliphatic carbocycles. The number of halogens is 1. The molecule has 2 heterocycles. The van der Waals surface area contributed by atoms with Gasteiger partial charge in [0.05, 0.1) is 10.6 Å². The third-order valence-corrected chi connectivity index (χ3v) is 7.88. The first-order valence-corrected chi connectivity index (χ1v) is 12.9. The predicted molar refractivity (Wildman–Crippen MR) is 121 cm³/mol. The van der Waals surface area contributed by atoms with E-state index in [0.29, 0.717) is 18.7 Å². The van der Waals surface area contributed by atoms with Crippen LogP contribution in [0.4, 0.5) is 4.39 Å². The van der Waals surface area contributed by atoms with Crippen molar-refractivity contribution in [2.45, 2.75) is 35.9 Å². The maximum Gasteiger partial charge on any atom is 0.277 e. The fourth-order valence-electron chi connectivity index (χ4n) is 3.41. The van der Waals surface area contributed by atoms with Crippen molar-refractivity contribution in [2.24, 2.45) is 0 Å². The fourth-order valence-corrected chi connectivity index (χ4v) is 5.57. The molecule has 0 saturated carbocycles.